The Morgan fingerprint density at radius 1 is 0.339 bits per heavy atom. The minimum atomic E-state index is -0.804. The standard InChI is InChI=1S/C56H90O6/c1-4-7-10-13-16-19-22-25-27-28-29-32-34-37-40-43-46-49-55(58)61-52-53(51-60-54(57)48-45-42-39-36-33-30-24-21-18-15-12-9-6-3)62-56(59)50-47-44-41-38-35-31-26-23-20-17-14-11-8-5-2/h7,9-10,12-13,15-16,18-19,21-22,24-25,27-29,32,34,53H,4-6,8,11,14,17,20,23,26,30-31,33,35-52H2,1-3H3/b10-7-,12-9-,16-13-,18-15-,22-19-,24-21-,27-25-,29-28+,34-32-. The number of rotatable bonds is 43. The van der Waals surface area contributed by atoms with Crippen LogP contribution in [0.15, 0.2) is 109 Å². The highest BCUT2D eigenvalue weighted by Gasteiger charge is 2.19. The Labute approximate surface area is 380 Å². The van der Waals surface area contributed by atoms with E-state index in [1.807, 2.05) is 60.8 Å². The SMILES string of the molecule is CC\C=C/C=C\C=C/C=C\C=C\C=C/CCCCCC(=O)OCC(COC(=O)CCCCCCC\C=C/C=C\C=C/CC)OC(=O)CCCCCCCCCCCCCCCC. The van der Waals surface area contributed by atoms with Gasteiger partial charge >= 0.3 is 17.9 Å². The molecule has 1 atom stereocenters. The van der Waals surface area contributed by atoms with Crippen molar-refractivity contribution in [2.24, 2.45) is 0 Å². The zero-order chi connectivity index (χ0) is 45.1. The zero-order valence-electron chi connectivity index (χ0n) is 39.8. The third kappa shape index (κ3) is 47.1. The fourth-order valence-corrected chi connectivity index (χ4v) is 6.53. The lowest BCUT2D eigenvalue weighted by atomic mass is 10.0. The highest BCUT2D eigenvalue weighted by molar-refractivity contribution is 5.71. The molecule has 0 aliphatic heterocycles. The number of carbonyl (C=O) groups is 3. The van der Waals surface area contributed by atoms with Gasteiger partial charge in [0.05, 0.1) is 0 Å². The summed E-state index contributed by atoms with van der Waals surface area (Å²) < 4.78 is 16.7. The van der Waals surface area contributed by atoms with E-state index in [9.17, 15) is 14.4 Å². The molecule has 0 aliphatic rings. The number of hydrogen-bond donors (Lipinski definition) is 0. The van der Waals surface area contributed by atoms with Crippen LogP contribution in [0.5, 0.6) is 0 Å². The Hall–Kier alpha value is -3.93. The molecular weight excluding hydrogens is 769 g/mol. The first-order chi connectivity index (χ1) is 30.5. The predicted octanol–water partition coefficient (Wildman–Crippen LogP) is 16.4. The Kier molecular flexibility index (Phi) is 46.6. The van der Waals surface area contributed by atoms with Crippen molar-refractivity contribution in [1.29, 1.82) is 0 Å². The molecule has 350 valence electrons. The van der Waals surface area contributed by atoms with Gasteiger partial charge in [-0.25, -0.2) is 0 Å². The van der Waals surface area contributed by atoms with Crippen molar-refractivity contribution in [2.75, 3.05) is 13.2 Å². The van der Waals surface area contributed by atoms with Crippen LogP contribution in [0.4, 0.5) is 0 Å². The maximum absolute atomic E-state index is 12.8. The zero-order valence-corrected chi connectivity index (χ0v) is 39.8. The minimum Gasteiger partial charge on any atom is -0.462 e. The molecule has 0 fully saturated rings. The molecule has 0 rings (SSSR count). The lowest BCUT2D eigenvalue weighted by Gasteiger charge is -2.18. The summed E-state index contributed by atoms with van der Waals surface area (Å²) in [6.07, 6.45) is 66.4. The third-order valence-electron chi connectivity index (χ3n) is 10.2. The van der Waals surface area contributed by atoms with Gasteiger partial charge < -0.3 is 14.2 Å². The van der Waals surface area contributed by atoms with E-state index in [2.05, 4.69) is 69.4 Å². The molecule has 62 heavy (non-hydrogen) atoms. The second-order valence-corrected chi connectivity index (χ2v) is 16.2. The van der Waals surface area contributed by atoms with Crippen LogP contribution in [0, 0.1) is 0 Å². The summed E-state index contributed by atoms with van der Waals surface area (Å²) in [6.45, 7) is 6.29. The largest absolute Gasteiger partial charge is 0.462 e. The van der Waals surface area contributed by atoms with Crippen LogP contribution in [0.3, 0.4) is 0 Å². The van der Waals surface area contributed by atoms with Gasteiger partial charge in [-0.05, 0) is 57.8 Å². The van der Waals surface area contributed by atoms with Gasteiger partial charge in [0.2, 0.25) is 0 Å². The summed E-state index contributed by atoms with van der Waals surface area (Å²) in [5, 5.41) is 0. The molecule has 1 unspecified atom stereocenters. The van der Waals surface area contributed by atoms with Crippen LogP contribution in [-0.4, -0.2) is 37.2 Å². The van der Waals surface area contributed by atoms with Crippen LogP contribution in [0.2, 0.25) is 0 Å². The van der Waals surface area contributed by atoms with Gasteiger partial charge in [-0.15, -0.1) is 0 Å². The molecule has 6 nitrogen and oxygen atoms in total. The van der Waals surface area contributed by atoms with E-state index in [1.165, 1.54) is 70.6 Å². The molecule has 0 radical (unpaired) electrons. The minimum absolute atomic E-state index is 0.104. The number of ether oxygens (including phenoxy) is 3. The topological polar surface area (TPSA) is 78.9 Å². The summed E-state index contributed by atoms with van der Waals surface area (Å²) in [4.78, 5) is 37.9. The average Bonchev–Trinajstić information content (AvgIpc) is 3.27. The van der Waals surface area contributed by atoms with Crippen molar-refractivity contribution in [3.8, 4) is 0 Å². The fraction of sp³-hybridized carbons (Fsp3) is 0.625. The smallest absolute Gasteiger partial charge is 0.306 e. The number of unbranched alkanes of at least 4 members (excludes halogenated alkanes) is 21. The molecule has 0 aliphatic carbocycles. The van der Waals surface area contributed by atoms with Crippen molar-refractivity contribution in [1.82, 2.24) is 0 Å². The first-order valence-electron chi connectivity index (χ1n) is 25.0. The van der Waals surface area contributed by atoms with Crippen LogP contribution in [-0.2, 0) is 28.6 Å². The van der Waals surface area contributed by atoms with Crippen molar-refractivity contribution in [2.45, 2.75) is 213 Å². The van der Waals surface area contributed by atoms with Crippen LogP contribution >= 0.6 is 0 Å². The van der Waals surface area contributed by atoms with Crippen LogP contribution in [0.25, 0.3) is 0 Å². The molecule has 0 N–H and O–H groups in total. The molecule has 6 heteroatoms. The molecule has 0 spiro atoms. The lowest BCUT2D eigenvalue weighted by Crippen LogP contribution is -2.30. The van der Waals surface area contributed by atoms with Crippen LogP contribution < -0.4 is 0 Å². The first kappa shape index (κ1) is 58.1. The third-order valence-corrected chi connectivity index (χ3v) is 10.2. The molecule has 0 aromatic rings. The second kappa shape index (κ2) is 49.7. The van der Waals surface area contributed by atoms with E-state index >= 15 is 0 Å². The second-order valence-electron chi connectivity index (χ2n) is 16.2. The molecule has 0 heterocycles. The van der Waals surface area contributed by atoms with Crippen molar-refractivity contribution < 1.29 is 28.6 Å². The van der Waals surface area contributed by atoms with Gasteiger partial charge in [-0.3, -0.25) is 14.4 Å². The van der Waals surface area contributed by atoms with Gasteiger partial charge in [-0.1, -0.05) is 239 Å². The number of carbonyl (C=O) groups excluding carboxylic acids is 3. The van der Waals surface area contributed by atoms with E-state index in [0.717, 1.165) is 96.3 Å². The van der Waals surface area contributed by atoms with Crippen molar-refractivity contribution in [3.05, 3.63) is 109 Å². The van der Waals surface area contributed by atoms with Crippen molar-refractivity contribution in [3.63, 3.8) is 0 Å². The van der Waals surface area contributed by atoms with E-state index in [4.69, 9.17) is 14.2 Å². The summed E-state index contributed by atoms with van der Waals surface area (Å²) >= 11 is 0. The Balaban J connectivity index is 4.51. The number of esters is 3. The predicted molar refractivity (Wildman–Crippen MR) is 265 cm³/mol. The summed E-state index contributed by atoms with van der Waals surface area (Å²) in [5.74, 6) is -0.972. The Bertz CT molecular complexity index is 1310. The monoisotopic (exact) mass is 859 g/mol. The van der Waals surface area contributed by atoms with Gasteiger partial charge in [0.1, 0.15) is 13.2 Å². The van der Waals surface area contributed by atoms with Crippen LogP contribution in [0.1, 0.15) is 207 Å². The maximum atomic E-state index is 12.8. The molecule has 0 aromatic carbocycles. The van der Waals surface area contributed by atoms with E-state index in [-0.39, 0.29) is 31.1 Å². The quantitative estimate of drug-likeness (QED) is 0.0263. The fourth-order valence-electron chi connectivity index (χ4n) is 6.53. The van der Waals surface area contributed by atoms with Gasteiger partial charge in [0.15, 0.2) is 6.10 Å². The van der Waals surface area contributed by atoms with E-state index < -0.39 is 6.10 Å². The average molecular weight is 859 g/mol. The first-order valence-corrected chi connectivity index (χ1v) is 25.0. The Morgan fingerprint density at radius 3 is 1.00 bits per heavy atom. The lowest BCUT2D eigenvalue weighted by molar-refractivity contribution is -0.167. The Morgan fingerprint density at radius 2 is 0.629 bits per heavy atom. The summed E-state index contributed by atoms with van der Waals surface area (Å²) in [6, 6.07) is 0. The molecule has 0 aromatic heterocycles. The summed E-state index contributed by atoms with van der Waals surface area (Å²) in [5.41, 5.74) is 0. The number of allylic oxidation sites excluding steroid dienone is 18. The molecule has 0 bridgehead atoms. The maximum Gasteiger partial charge on any atom is 0.306 e. The van der Waals surface area contributed by atoms with Crippen molar-refractivity contribution >= 4 is 17.9 Å². The number of hydrogen-bond acceptors (Lipinski definition) is 6. The van der Waals surface area contributed by atoms with Gasteiger partial charge in [-0.2, -0.15) is 0 Å². The van der Waals surface area contributed by atoms with E-state index in [1.54, 1.807) is 0 Å². The van der Waals surface area contributed by atoms with E-state index in [0.29, 0.717) is 19.3 Å². The van der Waals surface area contributed by atoms with Gasteiger partial charge in [0.25, 0.3) is 0 Å². The highest BCUT2D eigenvalue weighted by atomic mass is 16.6. The summed E-state index contributed by atoms with van der Waals surface area (Å²) in [7, 11) is 0. The molecule has 0 saturated carbocycles. The molecule has 0 saturated heterocycles. The molecular formula is C56H90O6. The normalized spacial score (nSPS) is 13.0. The van der Waals surface area contributed by atoms with Gasteiger partial charge in [0, 0.05) is 19.3 Å². The molecule has 0 amide bonds. The highest BCUT2D eigenvalue weighted by Crippen LogP contribution is 2.15.